The molecule has 2 N–H and O–H groups in total. The molecule has 0 amide bonds. The van der Waals surface area contributed by atoms with Crippen LogP contribution in [0.25, 0.3) is 10.9 Å². The molecule has 0 aliphatic carbocycles. The van der Waals surface area contributed by atoms with Crippen molar-refractivity contribution in [1.29, 1.82) is 0 Å². The summed E-state index contributed by atoms with van der Waals surface area (Å²) in [6.07, 6.45) is 2.99. The third kappa shape index (κ3) is 4.11. The largest absolute Gasteiger partial charge is 0.330 e. The van der Waals surface area contributed by atoms with E-state index < -0.39 is 4.92 Å². The number of nitro benzene ring substituents is 1. The van der Waals surface area contributed by atoms with Crippen molar-refractivity contribution >= 4 is 57.4 Å². The highest BCUT2D eigenvalue weighted by Crippen LogP contribution is 2.21. The van der Waals surface area contributed by atoms with Gasteiger partial charge in [-0.2, -0.15) is 5.10 Å². The predicted molar refractivity (Wildman–Crippen MR) is 107 cm³/mol. The van der Waals surface area contributed by atoms with E-state index in [2.05, 4.69) is 20.8 Å². The van der Waals surface area contributed by atoms with Gasteiger partial charge in [0.05, 0.1) is 27.9 Å². The molecule has 0 saturated carbocycles. The van der Waals surface area contributed by atoms with Gasteiger partial charge in [-0.1, -0.05) is 29.8 Å². The minimum absolute atomic E-state index is 0.0999. The number of para-hydroxylation sites is 1. The molecule has 2 aromatic carbocycles. The molecule has 7 nitrogen and oxygen atoms in total. The van der Waals surface area contributed by atoms with Gasteiger partial charge in [-0.25, -0.2) is 0 Å². The topological polar surface area (TPSA) is 92.5 Å². The normalized spacial score (nSPS) is 10.8. The Morgan fingerprint density at radius 2 is 2.08 bits per heavy atom. The zero-order chi connectivity index (χ0) is 18.5. The number of hydrogen-bond acceptors (Lipinski definition) is 5. The Kier molecular flexibility index (Phi) is 5.35. The van der Waals surface area contributed by atoms with Gasteiger partial charge in [0.25, 0.3) is 5.69 Å². The second-order valence-electron chi connectivity index (χ2n) is 5.17. The molecule has 3 aromatic rings. The monoisotopic (exact) mass is 385 g/mol. The molecule has 0 radical (unpaired) electrons. The van der Waals surface area contributed by atoms with Crippen LogP contribution in [0.3, 0.4) is 0 Å². The maximum absolute atomic E-state index is 11.0. The molecule has 0 bridgehead atoms. The lowest BCUT2D eigenvalue weighted by Crippen LogP contribution is -2.24. The van der Waals surface area contributed by atoms with Gasteiger partial charge in [0.2, 0.25) is 0 Å². The molecule has 0 saturated heterocycles. The summed E-state index contributed by atoms with van der Waals surface area (Å²) < 4.78 is 0. The number of nitrogens with zero attached hydrogens (tertiary/aromatic N) is 3. The summed E-state index contributed by atoms with van der Waals surface area (Å²) in [6, 6.07) is 13.7. The van der Waals surface area contributed by atoms with Gasteiger partial charge < -0.3 is 5.32 Å². The van der Waals surface area contributed by atoms with E-state index in [4.69, 9.17) is 23.8 Å². The second-order valence-corrected chi connectivity index (χ2v) is 6.01. The van der Waals surface area contributed by atoms with Crippen molar-refractivity contribution in [3.8, 4) is 0 Å². The summed E-state index contributed by atoms with van der Waals surface area (Å²) in [5.41, 5.74) is 4.29. The van der Waals surface area contributed by atoms with E-state index in [1.54, 1.807) is 6.20 Å². The minimum Gasteiger partial charge on any atom is -0.330 e. The lowest BCUT2D eigenvalue weighted by atomic mass is 10.2. The zero-order valence-corrected chi connectivity index (χ0v) is 14.8. The van der Waals surface area contributed by atoms with Crippen LogP contribution < -0.4 is 10.7 Å². The van der Waals surface area contributed by atoms with Crippen LogP contribution in [0, 0.1) is 10.1 Å². The van der Waals surface area contributed by atoms with Gasteiger partial charge in [-0.15, -0.1) is 0 Å². The lowest BCUT2D eigenvalue weighted by Gasteiger charge is -2.09. The van der Waals surface area contributed by atoms with E-state index in [-0.39, 0.29) is 16.4 Å². The Labute approximate surface area is 158 Å². The van der Waals surface area contributed by atoms with Gasteiger partial charge >= 0.3 is 0 Å². The number of nitrogens with one attached hydrogen (secondary N) is 2. The van der Waals surface area contributed by atoms with E-state index in [0.717, 1.165) is 16.6 Å². The first-order chi connectivity index (χ1) is 12.5. The van der Waals surface area contributed by atoms with Crippen LogP contribution in [0.15, 0.2) is 59.8 Å². The smallest absolute Gasteiger partial charge is 0.278 e. The molecule has 1 heterocycles. The zero-order valence-electron chi connectivity index (χ0n) is 13.2. The molecule has 0 aliphatic rings. The maximum Gasteiger partial charge on any atom is 0.278 e. The number of halogens is 1. The number of rotatable bonds is 4. The minimum atomic E-state index is -0.504. The summed E-state index contributed by atoms with van der Waals surface area (Å²) in [4.78, 5) is 14.9. The number of hydrazone groups is 1. The molecule has 0 spiro atoms. The van der Waals surface area contributed by atoms with Gasteiger partial charge in [0.15, 0.2) is 5.11 Å². The number of fused-ring (bicyclic) bond motifs is 1. The maximum atomic E-state index is 11.0. The highest BCUT2D eigenvalue weighted by Gasteiger charge is 2.12. The van der Waals surface area contributed by atoms with Crippen molar-refractivity contribution in [2.75, 3.05) is 5.32 Å². The Bertz CT molecular complexity index is 1020. The number of pyridine rings is 1. The standard InChI is InChI=1S/C17H12ClN5O2S/c18-13-6-7-15(23(24)25)12(9-13)10-20-22-17(26)21-14-5-1-3-11-4-2-8-19-16(11)14/h1-10H,(H2,21,22,26). The van der Waals surface area contributed by atoms with Gasteiger partial charge in [-0.3, -0.25) is 20.5 Å². The molecule has 1 aromatic heterocycles. The summed E-state index contributed by atoms with van der Waals surface area (Å²) in [5, 5.41) is 19.5. The molecule has 0 fully saturated rings. The molecule has 0 unspecified atom stereocenters. The third-order valence-corrected chi connectivity index (χ3v) is 3.87. The summed E-state index contributed by atoms with van der Waals surface area (Å²) in [5.74, 6) is 0. The molecule has 130 valence electrons. The molecule has 0 atom stereocenters. The van der Waals surface area contributed by atoms with E-state index in [9.17, 15) is 10.1 Å². The highest BCUT2D eigenvalue weighted by atomic mass is 35.5. The number of thiocarbonyl (C=S) groups is 1. The molecule has 9 heteroatoms. The quantitative estimate of drug-likeness (QED) is 0.304. The average Bonchev–Trinajstić information content (AvgIpc) is 2.62. The molecule has 26 heavy (non-hydrogen) atoms. The van der Waals surface area contributed by atoms with Crippen LogP contribution in [-0.4, -0.2) is 21.2 Å². The highest BCUT2D eigenvalue weighted by molar-refractivity contribution is 7.80. The van der Waals surface area contributed by atoms with Crippen molar-refractivity contribution in [1.82, 2.24) is 10.4 Å². The number of hydrogen-bond donors (Lipinski definition) is 2. The first-order valence-electron chi connectivity index (χ1n) is 7.42. The Hall–Kier alpha value is -3.10. The Balaban J connectivity index is 1.72. The van der Waals surface area contributed by atoms with E-state index in [0.29, 0.717) is 5.02 Å². The first-order valence-corrected chi connectivity index (χ1v) is 8.21. The van der Waals surface area contributed by atoms with Crippen LogP contribution in [0.2, 0.25) is 5.02 Å². The molecule has 0 aliphatic heterocycles. The van der Waals surface area contributed by atoms with E-state index in [1.165, 1.54) is 24.4 Å². The third-order valence-electron chi connectivity index (χ3n) is 3.44. The molecule has 3 rings (SSSR count). The van der Waals surface area contributed by atoms with Crippen molar-refractivity contribution in [2.45, 2.75) is 0 Å². The van der Waals surface area contributed by atoms with Gasteiger partial charge in [0.1, 0.15) is 0 Å². The van der Waals surface area contributed by atoms with E-state index >= 15 is 0 Å². The van der Waals surface area contributed by atoms with Crippen molar-refractivity contribution in [3.63, 3.8) is 0 Å². The average molecular weight is 386 g/mol. The van der Waals surface area contributed by atoms with Crippen molar-refractivity contribution in [2.24, 2.45) is 5.10 Å². The molecular formula is C17H12ClN5O2S. The SMILES string of the molecule is O=[N+]([O-])c1ccc(Cl)cc1C=NNC(=S)Nc1cccc2cccnc12. The van der Waals surface area contributed by atoms with Gasteiger partial charge in [0, 0.05) is 22.7 Å². The lowest BCUT2D eigenvalue weighted by molar-refractivity contribution is -0.385. The van der Waals surface area contributed by atoms with E-state index in [1.807, 2.05) is 30.3 Å². The van der Waals surface area contributed by atoms with Crippen molar-refractivity contribution < 1.29 is 4.92 Å². The predicted octanol–water partition coefficient (Wildman–Crippen LogP) is 4.12. The summed E-state index contributed by atoms with van der Waals surface area (Å²) in [7, 11) is 0. The molecular weight excluding hydrogens is 374 g/mol. The van der Waals surface area contributed by atoms with Crippen LogP contribution in [0.5, 0.6) is 0 Å². The van der Waals surface area contributed by atoms with Crippen molar-refractivity contribution in [3.05, 3.63) is 75.4 Å². The Morgan fingerprint density at radius 3 is 2.88 bits per heavy atom. The number of benzene rings is 2. The number of nitro groups is 1. The first kappa shape index (κ1) is 17.7. The van der Waals surface area contributed by atoms with Crippen LogP contribution in [0.1, 0.15) is 5.56 Å². The number of anilines is 1. The second kappa shape index (κ2) is 7.85. The summed E-state index contributed by atoms with van der Waals surface area (Å²) in [6.45, 7) is 0. The summed E-state index contributed by atoms with van der Waals surface area (Å²) >= 11 is 11.1. The fourth-order valence-electron chi connectivity index (χ4n) is 2.31. The van der Waals surface area contributed by atoms with Crippen LogP contribution in [0.4, 0.5) is 11.4 Å². The number of aromatic nitrogens is 1. The fraction of sp³-hybridized carbons (Fsp3) is 0. The van der Waals surface area contributed by atoms with Gasteiger partial charge in [-0.05, 0) is 36.5 Å². The van der Waals surface area contributed by atoms with Crippen LogP contribution >= 0.6 is 23.8 Å². The Morgan fingerprint density at radius 1 is 1.27 bits per heavy atom. The fourth-order valence-corrected chi connectivity index (χ4v) is 2.65. The van der Waals surface area contributed by atoms with Crippen LogP contribution in [-0.2, 0) is 0 Å².